The Morgan fingerprint density at radius 2 is 2.08 bits per heavy atom. The quantitative estimate of drug-likeness (QED) is 0.783. The molecule has 1 aromatic carbocycles. The highest BCUT2D eigenvalue weighted by molar-refractivity contribution is 5.67. The van der Waals surface area contributed by atoms with Gasteiger partial charge < -0.3 is 5.11 Å². The van der Waals surface area contributed by atoms with Gasteiger partial charge in [0.1, 0.15) is 11.6 Å². The van der Waals surface area contributed by atoms with Gasteiger partial charge in [-0.25, -0.2) is 8.78 Å². The molecule has 1 aromatic rings. The van der Waals surface area contributed by atoms with Crippen molar-refractivity contribution in [2.24, 2.45) is 0 Å². The van der Waals surface area contributed by atoms with Crippen LogP contribution >= 0.6 is 0 Å². The summed E-state index contributed by atoms with van der Waals surface area (Å²) < 4.78 is 25.4. The maximum atomic E-state index is 12.9. The van der Waals surface area contributed by atoms with Crippen molar-refractivity contribution in [3.05, 3.63) is 35.4 Å². The van der Waals surface area contributed by atoms with Crippen LogP contribution in [0.3, 0.4) is 0 Å². The number of carboxylic acid groups (broad SMARTS) is 1. The molecule has 0 saturated carbocycles. The Bertz CT molecular complexity index is 323. The molecule has 1 rings (SSSR count). The SMILES string of the molecule is O=C(O)CCc1cc(F)ccc1F. The Morgan fingerprint density at radius 1 is 1.38 bits per heavy atom. The number of benzene rings is 1. The van der Waals surface area contributed by atoms with Crippen LogP contribution < -0.4 is 0 Å². The standard InChI is InChI=1S/C9H8F2O2/c10-7-2-3-8(11)6(5-7)1-4-9(12)13/h2-3,5H,1,4H2,(H,12,13). The third-order valence-corrected chi connectivity index (χ3v) is 1.62. The molecule has 0 aliphatic carbocycles. The van der Waals surface area contributed by atoms with Crippen LogP contribution in [0.1, 0.15) is 12.0 Å². The molecule has 70 valence electrons. The zero-order valence-electron chi connectivity index (χ0n) is 6.76. The molecule has 0 aliphatic heterocycles. The molecular formula is C9H8F2O2. The Morgan fingerprint density at radius 3 is 2.69 bits per heavy atom. The summed E-state index contributed by atoms with van der Waals surface area (Å²) in [7, 11) is 0. The van der Waals surface area contributed by atoms with Crippen molar-refractivity contribution in [2.45, 2.75) is 12.8 Å². The van der Waals surface area contributed by atoms with Gasteiger partial charge in [0.25, 0.3) is 0 Å². The van der Waals surface area contributed by atoms with E-state index in [9.17, 15) is 13.6 Å². The van der Waals surface area contributed by atoms with Crippen LogP contribution in [0.4, 0.5) is 8.78 Å². The monoisotopic (exact) mass is 186 g/mol. The van der Waals surface area contributed by atoms with Crippen molar-refractivity contribution in [1.82, 2.24) is 0 Å². The minimum atomic E-state index is -1.02. The fourth-order valence-electron chi connectivity index (χ4n) is 0.976. The van der Waals surface area contributed by atoms with E-state index in [2.05, 4.69) is 0 Å². The number of hydrogen-bond donors (Lipinski definition) is 1. The van der Waals surface area contributed by atoms with E-state index in [1.807, 2.05) is 0 Å². The molecule has 0 aliphatic rings. The topological polar surface area (TPSA) is 37.3 Å². The lowest BCUT2D eigenvalue weighted by molar-refractivity contribution is -0.136. The maximum absolute atomic E-state index is 12.9. The molecule has 0 fully saturated rings. The minimum Gasteiger partial charge on any atom is -0.481 e. The molecule has 0 bridgehead atoms. The van der Waals surface area contributed by atoms with E-state index < -0.39 is 17.6 Å². The van der Waals surface area contributed by atoms with Crippen LogP contribution in [0.15, 0.2) is 18.2 Å². The first kappa shape index (κ1) is 9.64. The lowest BCUT2D eigenvalue weighted by Crippen LogP contribution is -1.99. The maximum Gasteiger partial charge on any atom is 0.303 e. The molecule has 0 amide bonds. The van der Waals surface area contributed by atoms with Crippen LogP contribution in [0.2, 0.25) is 0 Å². The second kappa shape index (κ2) is 3.98. The van der Waals surface area contributed by atoms with Gasteiger partial charge in [0.15, 0.2) is 0 Å². The third-order valence-electron chi connectivity index (χ3n) is 1.62. The molecule has 0 spiro atoms. The van der Waals surface area contributed by atoms with Crippen LogP contribution in [0.5, 0.6) is 0 Å². The highest BCUT2D eigenvalue weighted by atomic mass is 19.1. The van der Waals surface area contributed by atoms with Crippen LogP contribution in [0.25, 0.3) is 0 Å². The number of carboxylic acids is 1. The van der Waals surface area contributed by atoms with Gasteiger partial charge in [0, 0.05) is 6.42 Å². The zero-order chi connectivity index (χ0) is 9.84. The zero-order valence-corrected chi connectivity index (χ0v) is 6.76. The van der Waals surface area contributed by atoms with Gasteiger partial charge in [-0.15, -0.1) is 0 Å². The smallest absolute Gasteiger partial charge is 0.303 e. The number of hydrogen-bond acceptors (Lipinski definition) is 1. The van der Waals surface area contributed by atoms with Gasteiger partial charge in [-0.05, 0) is 30.2 Å². The van der Waals surface area contributed by atoms with Crippen molar-refractivity contribution >= 4 is 5.97 Å². The highest BCUT2D eigenvalue weighted by Gasteiger charge is 2.05. The average Bonchev–Trinajstić information content (AvgIpc) is 2.06. The van der Waals surface area contributed by atoms with E-state index in [0.717, 1.165) is 18.2 Å². The molecule has 4 heteroatoms. The van der Waals surface area contributed by atoms with E-state index in [1.54, 1.807) is 0 Å². The van der Waals surface area contributed by atoms with Gasteiger partial charge in [0.2, 0.25) is 0 Å². The normalized spacial score (nSPS) is 10.0. The van der Waals surface area contributed by atoms with Gasteiger partial charge >= 0.3 is 5.97 Å². The molecule has 0 radical (unpaired) electrons. The fourth-order valence-corrected chi connectivity index (χ4v) is 0.976. The number of aliphatic carboxylic acids is 1. The number of halogens is 2. The third kappa shape index (κ3) is 2.82. The molecule has 0 aromatic heterocycles. The van der Waals surface area contributed by atoms with Crippen LogP contribution in [-0.4, -0.2) is 11.1 Å². The predicted molar refractivity (Wildman–Crippen MR) is 42.3 cm³/mol. The first-order valence-corrected chi connectivity index (χ1v) is 3.75. The lowest BCUT2D eigenvalue weighted by Gasteiger charge is -2.00. The number of rotatable bonds is 3. The van der Waals surface area contributed by atoms with Crippen LogP contribution in [0, 0.1) is 11.6 Å². The highest BCUT2D eigenvalue weighted by Crippen LogP contribution is 2.11. The summed E-state index contributed by atoms with van der Waals surface area (Å²) in [4.78, 5) is 10.2. The Kier molecular flexibility index (Phi) is 2.95. The van der Waals surface area contributed by atoms with E-state index in [-0.39, 0.29) is 18.4 Å². The largest absolute Gasteiger partial charge is 0.481 e. The van der Waals surface area contributed by atoms with Crippen LogP contribution in [-0.2, 0) is 11.2 Å². The molecular weight excluding hydrogens is 178 g/mol. The van der Waals surface area contributed by atoms with E-state index >= 15 is 0 Å². The molecule has 0 heterocycles. The predicted octanol–water partition coefficient (Wildman–Crippen LogP) is 1.98. The van der Waals surface area contributed by atoms with Gasteiger partial charge in [-0.2, -0.15) is 0 Å². The molecule has 2 nitrogen and oxygen atoms in total. The summed E-state index contributed by atoms with van der Waals surface area (Å²) in [5.74, 6) is -2.15. The van der Waals surface area contributed by atoms with E-state index in [4.69, 9.17) is 5.11 Å². The summed E-state index contributed by atoms with van der Waals surface area (Å²) in [6.45, 7) is 0. The first-order valence-electron chi connectivity index (χ1n) is 3.75. The fraction of sp³-hybridized carbons (Fsp3) is 0.222. The molecule has 13 heavy (non-hydrogen) atoms. The van der Waals surface area contributed by atoms with Crippen molar-refractivity contribution in [3.63, 3.8) is 0 Å². The van der Waals surface area contributed by atoms with E-state index in [1.165, 1.54) is 0 Å². The Labute approximate surface area is 73.8 Å². The van der Waals surface area contributed by atoms with Gasteiger partial charge in [0.05, 0.1) is 0 Å². The molecule has 0 atom stereocenters. The summed E-state index contributed by atoms with van der Waals surface area (Å²) >= 11 is 0. The molecule has 0 saturated heterocycles. The molecule has 1 N–H and O–H groups in total. The van der Waals surface area contributed by atoms with Crippen molar-refractivity contribution in [2.75, 3.05) is 0 Å². The summed E-state index contributed by atoms with van der Waals surface area (Å²) in [5, 5.41) is 8.32. The van der Waals surface area contributed by atoms with Crippen molar-refractivity contribution < 1.29 is 18.7 Å². The minimum absolute atomic E-state index is 0.0128. The second-order valence-electron chi connectivity index (χ2n) is 2.63. The van der Waals surface area contributed by atoms with Crippen molar-refractivity contribution in [3.8, 4) is 0 Å². The second-order valence-corrected chi connectivity index (χ2v) is 2.63. The average molecular weight is 186 g/mol. The van der Waals surface area contributed by atoms with E-state index in [0.29, 0.717) is 0 Å². The number of aryl methyl sites for hydroxylation is 1. The Hall–Kier alpha value is -1.45. The van der Waals surface area contributed by atoms with Crippen molar-refractivity contribution in [1.29, 1.82) is 0 Å². The number of carbonyl (C=O) groups is 1. The first-order chi connectivity index (χ1) is 6.09. The lowest BCUT2D eigenvalue weighted by atomic mass is 10.1. The Balaban J connectivity index is 2.75. The summed E-state index contributed by atoms with van der Waals surface area (Å²) in [5.41, 5.74) is 0.0994. The summed E-state index contributed by atoms with van der Waals surface area (Å²) in [6.07, 6.45) is -0.181. The van der Waals surface area contributed by atoms with Gasteiger partial charge in [-0.1, -0.05) is 0 Å². The summed E-state index contributed by atoms with van der Waals surface area (Å²) in [6, 6.07) is 3.00. The van der Waals surface area contributed by atoms with Gasteiger partial charge in [-0.3, -0.25) is 4.79 Å². The molecule has 0 unspecified atom stereocenters.